The van der Waals surface area contributed by atoms with Crippen molar-refractivity contribution in [2.75, 3.05) is 39.6 Å². The lowest BCUT2D eigenvalue weighted by Gasteiger charge is -2.19. The van der Waals surface area contributed by atoms with Crippen LogP contribution in [0.2, 0.25) is 0 Å². The molecule has 0 atom stereocenters. The number of nitrogens with zero attached hydrogens (tertiary/aromatic N) is 2. The van der Waals surface area contributed by atoms with E-state index in [1.54, 1.807) is 0 Å². The van der Waals surface area contributed by atoms with Crippen molar-refractivity contribution in [2.45, 2.75) is 131 Å². The third-order valence-corrected chi connectivity index (χ3v) is 9.98. The van der Waals surface area contributed by atoms with Crippen LogP contribution in [0.4, 0.5) is 11.4 Å². The molecule has 0 aliphatic heterocycles. The standard InChI is InChI=1S/C52H72N2O6/c1-7-13-33-55-47-31-25-43(49(57-35-15-9-3)51(47)59-37-17-11-5)39-53-45-27-21-41(22-28-45)19-20-42-23-29-46(30-24-42)54-40-44-26-32-48(56-34-14-8-2)52(60-38-18-12-6)50(44)58-36-16-10-4/h21-32,39-40H,7-20,33-38H2,1-6H3. The van der Waals surface area contributed by atoms with Gasteiger partial charge in [-0.1, -0.05) is 104 Å². The minimum Gasteiger partial charge on any atom is -0.490 e. The predicted octanol–water partition coefficient (Wildman–Crippen LogP) is 14.0. The highest BCUT2D eigenvalue weighted by Gasteiger charge is 2.19. The van der Waals surface area contributed by atoms with E-state index in [1.165, 1.54) is 11.1 Å². The van der Waals surface area contributed by atoms with Crippen LogP contribution in [-0.2, 0) is 12.8 Å². The fraction of sp³-hybridized carbons (Fsp3) is 0.500. The van der Waals surface area contributed by atoms with Gasteiger partial charge in [0.25, 0.3) is 0 Å². The van der Waals surface area contributed by atoms with Gasteiger partial charge in [-0.2, -0.15) is 0 Å². The van der Waals surface area contributed by atoms with E-state index in [0.717, 1.165) is 124 Å². The van der Waals surface area contributed by atoms with Crippen LogP contribution in [0.3, 0.4) is 0 Å². The molecular weight excluding hydrogens is 749 g/mol. The zero-order valence-electron chi connectivity index (χ0n) is 37.6. The summed E-state index contributed by atoms with van der Waals surface area (Å²) in [6.45, 7) is 16.7. The molecule has 60 heavy (non-hydrogen) atoms. The van der Waals surface area contributed by atoms with Crippen molar-refractivity contribution in [3.05, 3.63) is 95.1 Å². The lowest BCUT2D eigenvalue weighted by Crippen LogP contribution is -2.07. The molecule has 8 heteroatoms. The van der Waals surface area contributed by atoms with Crippen molar-refractivity contribution in [2.24, 2.45) is 9.98 Å². The Bertz CT molecular complexity index is 1700. The van der Waals surface area contributed by atoms with Crippen molar-refractivity contribution >= 4 is 23.8 Å². The first kappa shape index (κ1) is 47.7. The van der Waals surface area contributed by atoms with E-state index < -0.39 is 0 Å². The first-order valence-corrected chi connectivity index (χ1v) is 22.9. The van der Waals surface area contributed by atoms with Crippen molar-refractivity contribution in [3.63, 3.8) is 0 Å². The molecule has 0 N–H and O–H groups in total. The number of unbranched alkanes of at least 4 members (excludes halogenated alkanes) is 6. The number of aryl methyl sites for hydroxylation is 2. The number of hydrogen-bond donors (Lipinski definition) is 0. The summed E-state index contributed by atoms with van der Waals surface area (Å²) in [6, 6.07) is 25.0. The summed E-state index contributed by atoms with van der Waals surface area (Å²) in [5.41, 5.74) is 6.04. The third-order valence-electron chi connectivity index (χ3n) is 9.98. The van der Waals surface area contributed by atoms with Crippen LogP contribution >= 0.6 is 0 Å². The number of rotatable bonds is 31. The van der Waals surface area contributed by atoms with Crippen molar-refractivity contribution in [1.82, 2.24) is 0 Å². The molecule has 4 aromatic carbocycles. The second-order valence-electron chi connectivity index (χ2n) is 15.2. The van der Waals surface area contributed by atoms with Crippen LogP contribution in [0.1, 0.15) is 141 Å². The molecule has 0 saturated heterocycles. The lowest BCUT2D eigenvalue weighted by atomic mass is 10.0. The largest absolute Gasteiger partial charge is 0.490 e. The molecule has 0 bridgehead atoms. The summed E-state index contributed by atoms with van der Waals surface area (Å²) >= 11 is 0. The first-order chi connectivity index (χ1) is 29.5. The van der Waals surface area contributed by atoms with Crippen molar-refractivity contribution < 1.29 is 28.4 Å². The van der Waals surface area contributed by atoms with Crippen LogP contribution in [-0.4, -0.2) is 52.1 Å². The molecule has 326 valence electrons. The van der Waals surface area contributed by atoms with Gasteiger partial charge in [-0.25, -0.2) is 0 Å². The van der Waals surface area contributed by atoms with Crippen LogP contribution in [0.5, 0.6) is 34.5 Å². The molecule has 0 saturated carbocycles. The van der Waals surface area contributed by atoms with Crippen molar-refractivity contribution in [3.8, 4) is 34.5 Å². The fourth-order valence-electron chi connectivity index (χ4n) is 6.12. The molecule has 8 nitrogen and oxygen atoms in total. The van der Waals surface area contributed by atoms with Crippen LogP contribution in [0.15, 0.2) is 82.8 Å². The van der Waals surface area contributed by atoms with Crippen molar-refractivity contribution in [1.29, 1.82) is 0 Å². The van der Waals surface area contributed by atoms with Gasteiger partial charge < -0.3 is 28.4 Å². The maximum absolute atomic E-state index is 6.35. The van der Waals surface area contributed by atoms with Crippen LogP contribution in [0.25, 0.3) is 0 Å². The minimum absolute atomic E-state index is 0.611. The molecule has 4 aromatic rings. The van der Waals surface area contributed by atoms with E-state index >= 15 is 0 Å². The summed E-state index contributed by atoms with van der Waals surface area (Å²) < 4.78 is 37.6. The smallest absolute Gasteiger partial charge is 0.204 e. The van der Waals surface area contributed by atoms with Gasteiger partial charge in [0.05, 0.1) is 51.0 Å². The quantitative estimate of drug-likeness (QED) is 0.0372. The van der Waals surface area contributed by atoms with Gasteiger partial charge in [0, 0.05) is 23.6 Å². The second kappa shape index (κ2) is 28.5. The van der Waals surface area contributed by atoms with E-state index in [0.29, 0.717) is 62.6 Å². The highest BCUT2D eigenvalue weighted by molar-refractivity contribution is 5.88. The minimum atomic E-state index is 0.611. The van der Waals surface area contributed by atoms with E-state index in [1.807, 2.05) is 36.7 Å². The van der Waals surface area contributed by atoms with E-state index in [-0.39, 0.29) is 0 Å². The predicted molar refractivity (Wildman–Crippen MR) is 250 cm³/mol. The number of aliphatic imine (C=N–C) groups is 2. The van der Waals surface area contributed by atoms with E-state index in [9.17, 15) is 0 Å². The Balaban J connectivity index is 1.43. The normalized spacial score (nSPS) is 11.4. The average molecular weight is 821 g/mol. The van der Waals surface area contributed by atoms with Crippen LogP contribution in [0, 0.1) is 0 Å². The van der Waals surface area contributed by atoms with E-state index in [4.69, 9.17) is 38.4 Å². The van der Waals surface area contributed by atoms with Gasteiger partial charge >= 0.3 is 0 Å². The SMILES string of the molecule is CCCCOc1ccc(C=Nc2ccc(CCc3ccc(N=Cc4ccc(OCCCC)c(OCCCC)c4OCCCC)cc3)cc2)c(OCCCC)c1OCCCC. The average Bonchev–Trinajstić information content (AvgIpc) is 3.27. The molecule has 0 fully saturated rings. The Kier molecular flexibility index (Phi) is 22.6. The molecule has 0 radical (unpaired) electrons. The maximum atomic E-state index is 6.35. The molecule has 0 aliphatic rings. The molecule has 0 spiro atoms. The summed E-state index contributed by atoms with van der Waals surface area (Å²) in [4.78, 5) is 9.69. The molecule has 0 aromatic heterocycles. The summed E-state index contributed by atoms with van der Waals surface area (Å²) in [5.74, 6) is 4.22. The molecular formula is C52H72N2O6. The second-order valence-corrected chi connectivity index (χ2v) is 15.2. The Hall–Kier alpha value is -4.98. The Morgan fingerprint density at radius 1 is 0.350 bits per heavy atom. The Morgan fingerprint density at radius 3 is 0.967 bits per heavy atom. The summed E-state index contributed by atoms with van der Waals surface area (Å²) in [7, 11) is 0. The molecule has 0 aliphatic carbocycles. The Morgan fingerprint density at radius 2 is 0.650 bits per heavy atom. The lowest BCUT2D eigenvalue weighted by molar-refractivity contribution is 0.237. The zero-order chi connectivity index (χ0) is 42.6. The number of ether oxygens (including phenoxy) is 6. The van der Waals surface area contributed by atoms with E-state index in [2.05, 4.69) is 90.1 Å². The fourth-order valence-corrected chi connectivity index (χ4v) is 6.12. The van der Waals surface area contributed by atoms with Gasteiger partial charge in [-0.3, -0.25) is 9.98 Å². The molecule has 0 heterocycles. The molecule has 0 amide bonds. The van der Waals surface area contributed by atoms with Gasteiger partial charge in [-0.15, -0.1) is 0 Å². The molecule has 0 unspecified atom stereocenters. The van der Waals surface area contributed by atoms with Gasteiger partial charge in [0.1, 0.15) is 0 Å². The van der Waals surface area contributed by atoms with Gasteiger partial charge in [0.15, 0.2) is 23.0 Å². The Labute approximate surface area is 361 Å². The summed E-state index contributed by atoms with van der Waals surface area (Å²) in [6.07, 6.45) is 17.8. The van der Waals surface area contributed by atoms with Gasteiger partial charge in [0.2, 0.25) is 11.5 Å². The first-order valence-electron chi connectivity index (χ1n) is 22.9. The highest BCUT2D eigenvalue weighted by atomic mass is 16.5. The van der Waals surface area contributed by atoms with Gasteiger partial charge in [-0.05, 0) is 111 Å². The monoisotopic (exact) mass is 821 g/mol. The number of hydrogen-bond acceptors (Lipinski definition) is 8. The highest BCUT2D eigenvalue weighted by Crippen LogP contribution is 2.42. The molecule has 4 rings (SSSR count). The maximum Gasteiger partial charge on any atom is 0.204 e. The number of benzene rings is 4. The van der Waals surface area contributed by atoms with Crippen LogP contribution < -0.4 is 28.4 Å². The topological polar surface area (TPSA) is 80.1 Å². The summed E-state index contributed by atoms with van der Waals surface area (Å²) in [5, 5.41) is 0. The third kappa shape index (κ3) is 16.2. The zero-order valence-corrected chi connectivity index (χ0v) is 37.6.